The Morgan fingerprint density at radius 1 is 0.769 bits per heavy atom. The van der Waals surface area contributed by atoms with Gasteiger partial charge in [0.15, 0.2) is 5.78 Å². The molecule has 0 saturated heterocycles. The number of para-hydroxylation sites is 1. The maximum Gasteiger partial charge on any atom is 0.336 e. The number of aromatic carboxylic acids is 1. The molecule has 0 aromatic heterocycles. The molecule has 3 rings (SSSR count). The molecule has 0 aliphatic rings. The van der Waals surface area contributed by atoms with Crippen LogP contribution >= 0.6 is 0 Å². The Morgan fingerprint density at radius 3 is 1.92 bits per heavy atom. The quantitative estimate of drug-likeness (QED) is 0.659. The predicted octanol–water partition coefficient (Wildman–Crippen LogP) is 5.02. The van der Waals surface area contributed by atoms with Crippen LogP contribution in [0.1, 0.15) is 37.4 Å². The first-order valence-corrected chi connectivity index (χ1v) is 8.18. The molecule has 26 heavy (non-hydrogen) atoms. The van der Waals surface area contributed by atoms with Crippen molar-refractivity contribution in [1.82, 2.24) is 0 Å². The van der Waals surface area contributed by atoms with Crippen LogP contribution in [0.5, 0.6) is 11.5 Å². The standard InChI is InChI=1S/C22H18O4/c1-14-6-5-7-15(2)21(14)26-17-12-10-16(11-13-17)20(23)18-8-3-4-9-19(18)22(24)25/h3-13H,1-2H3,(H,24,25). The predicted molar refractivity (Wildman–Crippen MR) is 99.3 cm³/mol. The molecule has 4 heteroatoms. The highest BCUT2D eigenvalue weighted by molar-refractivity contribution is 6.14. The maximum atomic E-state index is 12.6. The van der Waals surface area contributed by atoms with E-state index in [0.717, 1.165) is 16.9 Å². The summed E-state index contributed by atoms with van der Waals surface area (Å²) in [5.41, 5.74) is 2.63. The van der Waals surface area contributed by atoms with Gasteiger partial charge < -0.3 is 9.84 Å². The summed E-state index contributed by atoms with van der Waals surface area (Å²) < 4.78 is 5.94. The number of carboxylic acid groups (broad SMARTS) is 1. The van der Waals surface area contributed by atoms with Gasteiger partial charge in [-0.05, 0) is 55.3 Å². The minimum absolute atomic E-state index is 0.00615. The molecule has 0 unspecified atom stereocenters. The van der Waals surface area contributed by atoms with Crippen molar-refractivity contribution in [1.29, 1.82) is 0 Å². The van der Waals surface area contributed by atoms with E-state index in [0.29, 0.717) is 11.3 Å². The molecule has 0 heterocycles. The number of carbonyl (C=O) groups is 2. The molecular formula is C22H18O4. The fraction of sp³-hybridized carbons (Fsp3) is 0.0909. The van der Waals surface area contributed by atoms with Gasteiger partial charge in [-0.15, -0.1) is 0 Å². The van der Waals surface area contributed by atoms with Crippen molar-refractivity contribution < 1.29 is 19.4 Å². The highest BCUT2D eigenvalue weighted by atomic mass is 16.5. The SMILES string of the molecule is Cc1cccc(C)c1Oc1ccc(C(=O)c2ccccc2C(=O)O)cc1. The van der Waals surface area contributed by atoms with E-state index in [1.54, 1.807) is 36.4 Å². The van der Waals surface area contributed by atoms with Crippen LogP contribution < -0.4 is 4.74 Å². The molecule has 130 valence electrons. The van der Waals surface area contributed by atoms with Gasteiger partial charge in [0.1, 0.15) is 11.5 Å². The minimum atomic E-state index is -1.12. The molecule has 4 nitrogen and oxygen atoms in total. The molecule has 1 N–H and O–H groups in total. The summed E-state index contributed by atoms with van der Waals surface area (Å²) >= 11 is 0. The van der Waals surface area contributed by atoms with E-state index in [1.807, 2.05) is 32.0 Å². The van der Waals surface area contributed by atoms with Crippen LogP contribution in [0.4, 0.5) is 0 Å². The number of aryl methyl sites for hydroxylation is 2. The van der Waals surface area contributed by atoms with Gasteiger partial charge >= 0.3 is 5.97 Å². The third-order valence-corrected chi connectivity index (χ3v) is 4.15. The summed E-state index contributed by atoms with van der Waals surface area (Å²) in [5.74, 6) is -0.0428. The Bertz CT molecular complexity index is 951. The molecule has 3 aromatic rings. The van der Waals surface area contributed by atoms with Crippen LogP contribution in [0.15, 0.2) is 66.7 Å². The smallest absolute Gasteiger partial charge is 0.336 e. The zero-order chi connectivity index (χ0) is 18.7. The van der Waals surface area contributed by atoms with Crippen molar-refractivity contribution >= 4 is 11.8 Å². The lowest BCUT2D eigenvalue weighted by Crippen LogP contribution is -2.09. The molecule has 0 amide bonds. The number of carbonyl (C=O) groups excluding carboxylic acids is 1. The Labute approximate surface area is 151 Å². The molecule has 0 bridgehead atoms. The summed E-state index contributed by atoms with van der Waals surface area (Å²) in [6.45, 7) is 3.95. The number of rotatable bonds is 5. The Kier molecular flexibility index (Phi) is 4.85. The van der Waals surface area contributed by atoms with Crippen molar-refractivity contribution in [2.75, 3.05) is 0 Å². The van der Waals surface area contributed by atoms with Crippen molar-refractivity contribution in [3.8, 4) is 11.5 Å². The fourth-order valence-corrected chi connectivity index (χ4v) is 2.78. The molecule has 0 fully saturated rings. The van der Waals surface area contributed by atoms with Gasteiger partial charge in [0.2, 0.25) is 0 Å². The number of ketones is 1. The van der Waals surface area contributed by atoms with E-state index in [9.17, 15) is 14.7 Å². The zero-order valence-corrected chi connectivity index (χ0v) is 14.5. The number of hydrogen-bond acceptors (Lipinski definition) is 3. The monoisotopic (exact) mass is 346 g/mol. The lowest BCUT2D eigenvalue weighted by Gasteiger charge is -2.12. The first-order valence-electron chi connectivity index (χ1n) is 8.18. The van der Waals surface area contributed by atoms with Crippen LogP contribution in [0, 0.1) is 13.8 Å². The third kappa shape index (κ3) is 3.49. The number of ether oxygens (including phenoxy) is 1. The van der Waals surface area contributed by atoms with Gasteiger partial charge in [0, 0.05) is 11.1 Å². The van der Waals surface area contributed by atoms with Gasteiger partial charge in [0.05, 0.1) is 5.56 Å². The first-order chi connectivity index (χ1) is 12.5. The highest BCUT2D eigenvalue weighted by Gasteiger charge is 2.17. The largest absolute Gasteiger partial charge is 0.478 e. The molecule has 0 spiro atoms. The van der Waals surface area contributed by atoms with E-state index in [2.05, 4.69) is 0 Å². The van der Waals surface area contributed by atoms with Gasteiger partial charge in [-0.25, -0.2) is 4.79 Å². The van der Waals surface area contributed by atoms with Crippen molar-refractivity contribution in [3.05, 3.63) is 94.5 Å². The van der Waals surface area contributed by atoms with Crippen molar-refractivity contribution in [2.24, 2.45) is 0 Å². The summed E-state index contributed by atoms with van der Waals surface area (Å²) in [5, 5.41) is 9.25. The molecule has 0 aliphatic heterocycles. The lowest BCUT2D eigenvalue weighted by atomic mass is 9.98. The molecule has 0 aliphatic carbocycles. The molecule has 0 saturated carbocycles. The van der Waals surface area contributed by atoms with Gasteiger partial charge in [-0.1, -0.05) is 36.4 Å². The molecule has 0 atom stereocenters. The van der Waals surface area contributed by atoms with Crippen molar-refractivity contribution in [2.45, 2.75) is 13.8 Å². The van der Waals surface area contributed by atoms with Crippen LogP contribution in [0.3, 0.4) is 0 Å². The van der Waals surface area contributed by atoms with Gasteiger partial charge in [0.25, 0.3) is 0 Å². The van der Waals surface area contributed by atoms with Crippen LogP contribution in [-0.2, 0) is 0 Å². The topological polar surface area (TPSA) is 63.6 Å². The van der Waals surface area contributed by atoms with E-state index < -0.39 is 5.97 Å². The number of carboxylic acids is 1. The average Bonchev–Trinajstić information content (AvgIpc) is 2.65. The van der Waals surface area contributed by atoms with Crippen LogP contribution in [-0.4, -0.2) is 16.9 Å². The maximum absolute atomic E-state index is 12.6. The normalized spacial score (nSPS) is 10.4. The van der Waals surface area contributed by atoms with Gasteiger partial charge in [-0.3, -0.25) is 4.79 Å². The third-order valence-electron chi connectivity index (χ3n) is 4.15. The Morgan fingerprint density at radius 2 is 1.35 bits per heavy atom. The molecule has 3 aromatic carbocycles. The van der Waals surface area contributed by atoms with Crippen molar-refractivity contribution in [3.63, 3.8) is 0 Å². The Hall–Kier alpha value is -3.40. The van der Waals surface area contributed by atoms with E-state index in [-0.39, 0.29) is 16.9 Å². The highest BCUT2D eigenvalue weighted by Crippen LogP contribution is 2.29. The minimum Gasteiger partial charge on any atom is -0.478 e. The summed E-state index contributed by atoms with van der Waals surface area (Å²) in [4.78, 5) is 24.0. The summed E-state index contributed by atoms with van der Waals surface area (Å²) in [6.07, 6.45) is 0. The Balaban J connectivity index is 1.86. The average molecular weight is 346 g/mol. The number of benzene rings is 3. The lowest BCUT2D eigenvalue weighted by molar-refractivity contribution is 0.0693. The second-order valence-electron chi connectivity index (χ2n) is 6.03. The second kappa shape index (κ2) is 7.23. The fourth-order valence-electron chi connectivity index (χ4n) is 2.78. The zero-order valence-electron chi connectivity index (χ0n) is 14.5. The van der Waals surface area contributed by atoms with E-state index in [1.165, 1.54) is 12.1 Å². The molecular weight excluding hydrogens is 328 g/mol. The second-order valence-corrected chi connectivity index (χ2v) is 6.03. The first kappa shape index (κ1) is 17.4. The summed E-state index contributed by atoms with van der Waals surface area (Å²) in [7, 11) is 0. The molecule has 0 radical (unpaired) electrons. The van der Waals surface area contributed by atoms with Crippen LogP contribution in [0.2, 0.25) is 0 Å². The van der Waals surface area contributed by atoms with Gasteiger partial charge in [-0.2, -0.15) is 0 Å². The number of hydrogen-bond donors (Lipinski definition) is 1. The van der Waals surface area contributed by atoms with Crippen LogP contribution in [0.25, 0.3) is 0 Å². The summed E-state index contributed by atoms with van der Waals surface area (Å²) in [6, 6.07) is 18.8. The van der Waals surface area contributed by atoms with E-state index in [4.69, 9.17) is 4.74 Å². The van der Waals surface area contributed by atoms with E-state index >= 15 is 0 Å².